The summed E-state index contributed by atoms with van der Waals surface area (Å²) in [5.41, 5.74) is 0. The van der Waals surface area contributed by atoms with Crippen LogP contribution in [0.2, 0.25) is 0 Å². The highest BCUT2D eigenvalue weighted by molar-refractivity contribution is 4.88. The second-order valence-corrected chi connectivity index (χ2v) is 5.79. The maximum absolute atomic E-state index is 3.89. The predicted octanol–water partition coefficient (Wildman–Crippen LogP) is 2.10. The maximum atomic E-state index is 3.89. The number of rotatable bonds is 2. The van der Waals surface area contributed by atoms with E-state index in [4.69, 9.17) is 0 Å². The van der Waals surface area contributed by atoms with Crippen molar-refractivity contribution >= 4 is 0 Å². The van der Waals surface area contributed by atoms with Gasteiger partial charge in [0, 0.05) is 18.6 Å². The molecule has 0 aromatic heterocycles. The largest absolute Gasteiger partial charge is 0.310 e. The predicted molar refractivity (Wildman–Crippen MR) is 65.0 cm³/mol. The fourth-order valence-electron chi connectivity index (χ4n) is 3.21. The summed E-state index contributed by atoms with van der Waals surface area (Å²) in [4.78, 5) is 2.46. The molecule has 2 nitrogen and oxygen atoms in total. The molecule has 2 fully saturated rings. The molecule has 0 spiro atoms. The lowest BCUT2D eigenvalue weighted by Gasteiger charge is -2.33. The van der Waals surface area contributed by atoms with Crippen molar-refractivity contribution in [2.75, 3.05) is 20.1 Å². The van der Waals surface area contributed by atoms with Crippen LogP contribution in [0.25, 0.3) is 0 Å². The number of hydrogen-bond donors (Lipinski definition) is 1. The molecule has 88 valence electrons. The molecule has 1 heterocycles. The van der Waals surface area contributed by atoms with Gasteiger partial charge in [0.15, 0.2) is 0 Å². The third-order valence-electron chi connectivity index (χ3n) is 4.54. The monoisotopic (exact) mass is 210 g/mol. The van der Waals surface area contributed by atoms with Crippen LogP contribution in [-0.4, -0.2) is 37.1 Å². The summed E-state index contributed by atoms with van der Waals surface area (Å²) in [5.74, 6) is 1.79. The van der Waals surface area contributed by atoms with E-state index in [0.717, 1.165) is 23.9 Å². The Balaban J connectivity index is 1.81. The van der Waals surface area contributed by atoms with Gasteiger partial charge in [-0.3, -0.25) is 0 Å². The van der Waals surface area contributed by atoms with Gasteiger partial charge in [-0.15, -0.1) is 0 Å². The minimum atomic E-state index is 0.751. The zero-order valence-corrected chi connectivity index (χ0v) is 10.5. The van der Waals surface area contributed by atoms with Gasteiger partial charge >= 0.3 is 0 Å². The summed E-state index contributed by atoms with van der Waals surface area (Å²) in [7, 11) is 2.24. The molecule has 0 aromatic carbocycles. The van der Waals surface area contributed by atoms with Gasteiger partial charge < -0.3 is 10.2 Å². The van der Waals surface area contributed by atoms with E-state index >= 15 is 0 Å². The Labute approximate surface area is 94.4 Å². The number of nitrogens with one attached hydrogen (secondary N) is 1. The van der Waals surface area contributed by atoms with Crippen molar-refractivity contribution in [1.29, 1.82) is 0 Å². The van der Waals surface area contributed by atoms with Crippen LogP contribution in [0.4, 0.5) is 0 Å². The van der Waals surface area contributed by atoms with Gasteiger partial charge in [0.1, 0.15) is 0 Å². The van der Waals surface area contributed by atoms with Crippen molar-refractivity contribution in [2.24, 2.45) is 11.8 Å². The van der Waals surface area contributed by atoms with Gasteiger partial charge in [-0.05, 0) is 51.1 Å². The third-order valence-corrected chi connectivity index (χ3v) is 4.54. The quantitative estimate of drug-likeness (QED) is 0.751. The number of likely N-dealkylation sites (N-methyl/N-ethyl adjacent to an activating group) is 1. The van der Waals surface area contributed by atoms with Crippen molar-refractivity contribution < 1.29 is 0 Å². The number of hydrogen-bond acceptors (Lipinski definition) is 2. The first-order chi connectivity index (χ1) is 7.16. The van der Waals surface area contributed by atoms with Crippen LogP contribution in [-0.2, 0) is 0 Å². The van der Waals surface area contributed by atoms with E-state index in [1.807, 2.05) is 0 Å². The van der Waals surface area contributed by atoms with Gasteiger partial charge in [-0.2, -0.15) is 0 Å². The standard InChI is InChI=1S/C13H26N2/c1-10-6-7-13(11(10)2)14-12-5-4-8-15(3)9-12/h10-14H,4-9H2,1-3H3. The van der Waals surface area contributed by atoms with E-state index < -0.39 is 0 Å². The molecule has 15 heavy (non-hydrogen) atoms. The van der Waals surface area contributed by atoms with Crippen LogP contribution < -0.4 is 5.32 Å². The van der Waals surface area contributed by atoms with Crippen molar-refractivity contribution in [2.45, 2.75) is 51.6 Å². The van der Waals surface area contributed by atoms with E-state index in [1.165, 1.54) is 38.8 Å². The van der Waals surface area contributed by atoms with Crippen molar-refractivity contribution in [3.05, 3.63) is 0 Å². The van der Waals surface area contributed by atoms with Crippen LogP contribution in [0, 0.1) is 11.8 Å². The molecular formula is C13H26N2. The number of likely N-dealkylation sites (tertiary alicyclic amines) is 1. The minimum absolute atomic E-state index is 0.751. The third kappa shape index (κ3) is 2.73. The average molecular weight is 210 g/mol. The lowest BCUT2D eigenvalue weighted by atomic mass is 9.96. The molecule has 1 aliphatic carbocycles. The number of nitrogens with zero attached hydrogens (tertiary/aromatic N) is 1. The molecular weight excluding hydrogens is 184 g/mol. The summed E-state index contributed by atoms with van der Waals surface area (Å²) >= 11 is 0. The summed E-state index contributed by atoms with van der Waals surface area (Å²) < 4.78 is 0. The van der Waals surface area contributed by atoms with Crippen molar-refractivity contribution in [1.82, 2.24) is 10.2 Å². The Kier molecular flexibility index (Phi) is 3.68. The zero-order chi connectivity index (χ0) is 10.8. The van der Waals surface area contributed by atoms with Gasteiger partial charge in [0.2, 0.25) is 0 Å². The molecule has 4 atom stereocenters. The fourth-order valence-corrected chi connectivity index (χ4v) is 3.21. The average Bonchev–Trinajstić information content (AvgIpc) is 2.50. The van der Waals surface area contributed by atoms with Crippen LogP contribution in [0.5, 0.6) is 0 Å². The summed E-state index contributed by atoms with van der Waals surface area (Å²) in [6.45, 7) is 7.35. The van der Waals surface area contributed by atoms with Crippen LogP contribution in [0.3, 0.4) is 0 Å². The Morgan fingerprint density at radius 2 is 1.93 bits per heavy atom. The zero-order valence-electron chi connectivity index (χ0n) is 10.5. The molecule has 4 unspecified atom stereocenters. The van der Waals surface area contributed by atoms with E-state index in [0.29, 0.717) is 0 Å². The topological polar surface area (TPSA) is 15.3 Å². The van der Waals surface area contributed by atoms with Crippen LogP contribution >= 0.6 is 0 Å². The Morgan fingerprint density at radius 3 is 2.53 bits per heavy atom. The summed E-state index contributed by atoms with van der Waals surface area (Å²) in [6, 6.07) is 1.54. The highest BCUT2D eigenvalue weighted by Gasteiger charge is 2.31. The highest BCUT2D eigenvalue weighted by Crippen LogP contribution is 2.31. The lowest BCUT2D eigenvalue weighted by Crippen LogP contribution is -2.48. The van der Waals surface area contributed by atoms with Gasteiger partial charge in [0.05, 0.1) is 0 Å². The molecule has 1 aliphatic heterocycles. The maximum Gasteiger partial charge on any atom is 0.0198 e. The molecule has 2 heteroatoms. The fraction of sp³-hybridized carbons (Fsp3) is 1.00. The molecule has 0 amide bonds. The first-order valence-corrected chi connectivity index (χ1v) is 6.61. The molecule has 0 aromatic rings. The minimum Gasteiger partial charge on any atom is -0.310 e. The van der Waals surface area contributed by atoms with E-state index in [9.17, 15) is 0 Å². The summed E-state index contributed by atoms with van der Waals surface area (Å²) in [6.07, 6.45) is 5.55. The molecule has 0 radical (unpaired) electrons. The normalized spacial score (nSPS) is 43.4. The van der Waals surface area contributed by atoms with Crippen LogP contribution in [0.1, 0.15) is 39.5 Å². The molecule has 2 rings (SSSR count). The second-order valence-electron chi connectivity index (χ2n) is 5.79. The van der Waals surface area contributed by atoms with Gasteiger partial charge in [-0.25, -0.2) is 0 Å². The van der Waals surface area contributed by atoms with E-state index in [-0.39, 0.29) is 0 Å². The second kappa shape index (κ2) is 4.84. The summed E-state index contributed by atoms with van der Waals surface area (Å²) in [5, 5.41) is 3.89. The first-order valence-electron chi connectivity index (χ1n) is 6.61. The van der Waals surface area contributed by atoms with E-state index in [2.05, 4.69) is 31.1 Å². The highest BCUT2D eigenvalue weighted by atomic mass is 15.1. The SMILES string of the molecule is CC1CCC(NC2CCCN(C)C2)C1C. The molecule has 2 aliphatic rings. The molecule has 1 N–H and O–H groups in total. The molecule has 1 saturated heterocycles. The van der Waals surface area contributed by atoms with Crippen molar-refractivity contribution in [3.63, 3.8) is 0 Å². The van der Waals surface area contributed by atoms with Gasteiger partial charge in [-0.1, -0.05) is 13.8 Å². The molecule has 1 saturated carbocycles. The van der Waals surface area contributed by atoms with Gasteiger partial charge in [0.25, 0.3) is 0 Å². The number of piperidine rings is 1. The smallest absolute Gasteiger partial charge is 0.0198 e. The van der Waals surface area contributed by atoms with Crippen molar-refractivity contribution in [3.8, 4) is 0 Å². The molecule has 0 bridgehead atoms. The Hall–Kier alpha value is -0.0800. The Morgan fingerprint density at radius 1 is 1.13 bits per heavy atom. The van der Waals surface area contributed by atoms with Crippen LogP contribution in [0.15, 0.2) is 0 Å². The van der Waals surface area contributed by atoms with E-state index in [1.54, 1.807) is 0 Å². The Bertz CT molecular complexity index is 205. The first kappa shape index (κ1) is 11.4. The lowest BCUT2D eigenvalue weighted by molar-refractivity contribution is 0.205.